The third kappa shape index (κ3) is 3.27. The SMILES string of the molecule is CC1(C)OC[C@@H](CC2(S(=O)(=O)O)CC2)O1.[H-].[K+]. The minimum atomic E-state index is -3.95. The van der Waals surface area contributed by atoms with E-state index in [0.717, 1.165) is 0 Å². The molecule has 0 unspecified atom stereocenters. The fraction of sp³-hybridized carbons (Fsp3) is 1.00. The zero-order chi connectivity index (χ0) is 11.3. The largest absolute Gasteiger partial charge is 1.00 e. The van der Waals surface area contributed by atoms with Crippen LogP contribution in [0.25, 0.3) is 0 Å². The van der Waals surface area contributed by atoms with Gasteiger partial charge in [0.1, 0.15) is 4.75 Å². The van der Waals surface area contributed by atoms with Crippen molar-refractivity contribution < 1.29 is 75.3 Å². The van der Waals surface area contributed by atoms with Crippen LogP contribution in [-0.4, -0.2) is 36.2 Å². The molecule has 1 N–H and O–H groups in total. The Labute approximate surface area is 140 Å². The second-order valence-corrected chi connectivity index (χ2v) is 6.63. The summed E-state index contributed by atoms with van der Waals surface area (Å²) in [6, 6.07) is 0. The predicted octanol–water partition coefficient (Wildman–Crippen LogP) is -1.94. The Balaban J connectivity index is 0.00000128. The summed E-state index contributed by atoms with van der Waals surface area (Å²) in [6.45, 7) is 3.98. The molecule has 16 heavy (non-hydrogen) atoms. The van der Waals surface area contributed by atoms with Gasteiger partial charge in [0.15, 0.2) is 5.79 Å². The summed E-state index contributed by atoms with van der Waals surface area (Å²) in [5, 5.41) is 0. The van der Waals surface area contributed by atoms with Gasteiger partial charge in [-0.3, -0.25) is 4.55 Å². The molecule has 2 aliphatic rings. The molecule has 1 saturated carbocycles. The van der Waals surface area contributed by atoms with E-state index in [1.807, 2.05) is 0 Å². The van der Waals surface area contributed by atoms with Crippen molar-refractivity contribution in [1.29, 1.82) is 0 Å². The summed E-state index contributed by atoms with van der Waals surface area (Å²) in [5.74, 6) is -0.639. The van der Waals surface area contributed by atoms with Crippen LogP contribution in [0.15, 0.2) is 0 Å². The van der Waals surface area contributed by atoms with E-state index in [4.69, 9.17) is 14.0 Å². The molecule has 0 radical (unpaired) electrons. The van der Waals surface area contributed by atoms with Crippen molar-refractivity contribution in [1.82, 2.24) is 0 Å². The molecule has 0 aromatic carbocycles. The van der Waals surface area contributed by atoms with Crippen LogP contribution in [0.2, 0.25) is 0 Å². The van der Waals surface area contributed by atoms with Crippen LogP contribution < -0.4 is 51.4 Å². The second-order valence-electron chi connectivity index (χ2n) is 4.81. The monoisotopic (exact) mass is 276 g/mol. The second kappa shape index (κ2) is 4.86. The first-order valence-electron chi connectivity index (χ1n) is 5.03. The van der Waals surface area contributed by atoms with Crippen LogP contribution in [0.4, 0.5) is 0 Å². The molecule has 0 bridgehead atoms. The van der Waals surface area contributed by atoms with Crippen LogP contribution in [0.1, 0.15) is 34.5 Å². The topological polar surface area (TPSA) is 72.8 Å². The molecule has 1 aliphatic carbocycles. The molecule has 1 aliphatic heterocycles. The van der Waals surface area contributed by atoms with Gasteiger partial charge in [-0.15, -0.1) is 0 Å². The Hall–Kier alpha value is 1.47. The van der Waals surface area contributed by atoms with Crippen LogP contribution in [0, 0.1) is 0 Å². The maximum Gasteiger partial charge on any atom is 1.00 e. The Morgan fingerprint density at radius 1 is 1.44 bits per heavy atom. The molecule has 1 heterocycles. The predicted molar refractivity (Wildman–Crippen MR) is 54.1 cm³/mol. The van der Waals surface area contributed by atoms with Crippen LogP contribution in [0.5, 0.6) is 0 Å². The Kier molecular flexibility index (Phi) is 4.72. The number of hydrogen-bond donors (Lipinski definition) is 1. The third-order valence-electron chi connectivity index (χ3n) is 3.02. The van der Waals surface area contributed by atoms with E-state index < -0.39 is 20.7 Å². The maximum atomic E-state index is 11.1. The van der Waals surface area contributed by atoms with Crippen molar-refractivity contribution in [3.63, 3.8) is 0 Å². The first kappa shape index (κ1) is 15.5. The van der Waals surface area contributed by atoms with E-state index in [9.17, 15) is 8.42 Å². The van der Waals surface area contributed by atoms with Crippen molar-refractivity contribution in [2.45, 2.75) is 49.7 Å². The average Bonchev–Trinajstić information content (AvgIpc) is 2.73. The molecule has 7 heteroatoms. The molecule has 1 saturated heterocycles. The van der Waals surface area contributed by atoms with Gasteiger partial charge in [-0.1, -0.05) is 0 Å². The Morgan fingerprint density at radius 3 is 2.31 bits per heavy atom. The van der Waals surface area contributed by atoms with Gasteiger partial charge in [0, 0.05) is 0 Å². The van der Waals surface area contributed by atoms with Gasteiger partial charge < -0.3 is 10.9 Å². The minimum absolute atomic E-state index is 0. The van der Waals surface area contributed by atoms with E-state index >= 15 is 0 Å². The van der Waals surface area contributed by atoms with E-state index in [1.165, 1.54) is 0 Å². The molecule has 0 amide bonds. The van der Waals surface area contributed by atoms with Crippen LogP contribution in [0.3, 0.4) is 0 Å². The molecule has 0 aromatic rings. The summed E-state index contributed by atoms with van der Waals surface area (Å²) in [6.07, 6.45) is 1.14. The number of ether oxygens (including phenoxy) is 2. The summed E-state index contributed by atoms with van der Waals surface area (Å²) in [4.78, 5) is 0. The van der Waals surface area contributed by atoms with Gasteiger partial charge in [-0.05, 0) is 33.1 Å². The Morgan fingerprint density at radius 2 is 2.00 bits per heavy atom. The summed E-state index contributed by atoms with van der Waals surface area (Å²) in [7, 11) is -3.95. The van der Waals surface area contributed by atoms with Crippen molar-refractivity contribution in [3.05, 3.63) is 0 Å². The summed E-state index contributed by atoms with van der Waals surface area (Å²) < 4.78 is 41.2. The molecular formula is C9H17KO5S. The molecule has 1 atom stereocenters. The van der Waals surface area contributed by atoms with Crippen molar-refractivity contribution in [3.8, 4) is 0 Å². The van der Waals surface area contributed by atoms with Gasteiger partial charge in [-0.25, -0.2) is 0 Å². The molecule has 0 aromatic heterocycles. The van der Waals surface area contributed by atoms with Crippen LogP contribution in [-0.2, 0) is 19.6 Å². The van der Waals surface area contributed by atoms with Gasteiger partial charge in [0.05, 0.1) is 12.7 Å². The van der Waals surface area contributed by atoms with Gasteiger partial charge in [-0.2, -0.15) is 8.42 Å². The fourth-order valence-corrected chi connectivity index (χ4v) is 3.00. The standard InChI is InChI=1S/C9H16O5S.K.H/c1-8(2)13-6-7(14-8)5-9(3-4-9)15(10,11)12;;/h7H,3-6H2,1-2H3,(H,10,11,12);;/q;+1;-1/t7-;;/m1../s1. The maximum absolute atomic E-state index is 11.1. The molecule has 5 nitrogen and oxygen atoms in total. The van der Waals surface area contributed by atoms with Crippen molar-refractivity contribution >= 4 is 10.1 Å². The smallest absolute Gasteiger partial charge is 1.00 e. The zero-order valence-electron chi connectivity index (χ0n) is 10.9. The number of hydrogen-bond acceptors (Lipinski definition) is 4. The molecular weight excluding hydrogens is 259 g/mol. The quantitative estimate of drug-likeness (QED) is 0.480. The normalized spacial score (nSPS) is 30.8. The molecule has 90 valence electrons. The van der Waals surface area contributed by atoms with Gasteiger partial charge >= 0.3 is 51.4 Å². The molecule has 2 rings (SSSR count). The average molecular weight is 276 g/mol. The van der Waals surface area contributed by atoms with Gasteiger partial charge in [0.25, 0.3) is 10.1 Å². The summed E-state index contributed by atoms with van der Waals surface area (Å²) in [5.41, 5.74) is 0. The van der Waals surface area contributed by atoms with E-state index in [2.05, 4.69) is 0 Å². The van der Waals surface area contributed by atoms with Crippen molar-refractivity contribution in [2.24, 2.45) is 0 Å². The fourth-order valence-electron chi connectivity index (χ4n) is 1.99. The molecule has 2 fully saturated rings. The number of rotatable bonds is 3. The van der Waals surface area contributed by atoms with E-state index in [1.54, 1.807) is 13.8 Å². The zero-order valence-corrected chi connectivity index (χ0v) is 13.8. The molecule has 0 spiro atoms. The van der Waals surface area contributed by atoms with Crippen molar-refractivity contribution in [2.75, 3.05) is 6.61 Å². The minimum Gasteiger partial charge on any atom is -1.00 e. The van der Waals surface area contributed by atoms with E-state index in [0.29, 0.717) is 25.9 Å². The summed E-state index contributed by atoms with van der Waals surface area (Å²) >= 11 is 0. The van der Waals surface area contributed by atoms with Crippen LogP contribution >= 0.6 is 0 Å². The van der Waals surface area contributed by atoms with E-state index in [-0.39, 0.29) is 58.9 Å². The van der Waals surface area contributed by atoms with Gasteiger partial charge in [0.2, 0.25) is 0 Å². The first-order valence-corrected chi connectivity index (χ1v) is 6.47. The first-order chi connectivity index (χ1) is 6.74. The Bertz CT molecular complexity index is 366. The third-order valence-corrected chi connectivity index (χ3v) is 4.69.